The molecule has 0 aliphatic carbocycles. The second-order valence-corrected chi connectivity index (χ2v) is 5.55. The molecule has 0 spiro atoms. The molecule has 0 bridgehead atoms. The van der Waals surface area contributed by atoms with Gasteiger partial charge >= 0.3 is 0 Å². The Morgan fingerprint density at radius 3 is 2.72 bits per heavy atom. The van der Waals surface area contributed by atoms with Gasteiger partial charge in [-0.15, -0.1) is 0 Å². The lowest BCUT2D eigenvalue weighted by Crippen LogP contribution is -2.57. The first-order chi connectivity index (χ1) is 8.45. The summed E-state index contributed by atoms with van der Waals surface area (Å²) in [6.07, 6.45) is 0.0431. The Labute approximate surface area is 110 Å². The highest BCUT2D eigenvalue weighted by molar-refractivity contribution is 5.81. The summed E-state index contributed by atoms with van der Waals surface area (Å²) < 4.78 is 5.60. The van der Waals surface area contributed by atoms with Gasteiger partial charge in [-0.05, 0) is 19.8 Å². The van der Waals surface area contributed by atoms with Crippen molar-refractivity contribution >= 4 is 5.91 Å². The van der Waals surface area contributed by atoms with Crippen LogP contribution in [0.4, 0.5) is 0 Å². The third-order valence-corrected chi connectivity index (χ3v) is 3.38. The number of hydrogen-bond donors (Lipinski definition) is 2. The van der Waals surface area contributed by atoms with Crippen molar-refractivity contribution in [2.45, 2.75) is 45.9 Å². The summed E-state index contributed by atoms with van der Waals surface area (Å²) in [6, 6.07) is 0.129. The number of carbonyl (C=O) groups is 1. The lowest BCUT2D eigenvalue weighted by molar-refractivity contribution is -0.132. The maximum Gasteiger partial charge on any atom is 0.237 e. The van der Waals surface area contributed by atoms with E-state index in [2.05, 4.69) is 31.0 Å². The third kappa shape index (κ3) is 4.23. The summed E-state index contributed by atoms with van der Waals surface area (Å²) >= 11 is 0. The number of amides is 1. The van der Waals surface area contributed by atoms with E-state index >= 15 is 0 Å². The summed E-state index contributed by atoms with van der Waals surface area (Å²) in [5, 5.41) is 2.98. The smallest absolute Gasteiger partial charge is 0.237 e. The van der Waals surface area contributed by atoms with E-state index in [1.54, 1.807) is 0 Å². The van der Waals surface area contributed by atoms with E-state index in [0.29, 0.717) is 19.1 Å². The molecule has 1 fully saturated rings. The molecule has 1 aliphatic rings. The lowest BCUT2D eigenvalue weighted by Gasteiger charge is -2.40. The Morgan fingerprint density at radius 2 is 2.17 bits per heavy atom. The SMILES string of the molecule is CC(C)CNC(=O)C(C)N1CC(CN)OCC1C. The molecule has 0 radical (unpaired) electrons. The van der Waals surface area contributed by atoms with Gasteiger partial charge in [0.2, 0.25) is 5.91 Å². The summed E-state index contributed by atoms with van der Waals surface area (Å²) in [5.41, 5.74) is 5.63. The average Bonchev–Trinajstić information content (AvgIpc) is 2.35. The molecule has 1 heterocycles. The fraction of sp³-hybridized carbons (Fsp3) is 0.923. The zero-order valence-corrected chi connectivity index (χ0v) is 12.0. The van der Waals surface area contributed by atoms with Crippen LogP contribution < -0.4 is 11.1 Å². The van der Waals surface area contributed by atoms with Crippen LogP contribution in [0.3, 0.4) is 0 Å². The van der Waals surface area contributed by atoms with Crippen molar-refractivity contribution in [3.8, 4) is 0 Å². The number of carbonyl (C=O) groups excluding carboxylic acids is 1. The Kier molecular flexibility index (Phi) is 6.05. The molecular weight excluding hydrogens is 230 g/mol. The van der Waals surface area contributed by atoms with Gasteiger partial charge < -0.3 is 15.8 Å². The van der Waals surface area contributed by atoms with Crippen LogP contribution in [0.5, 0.6) is 0 Å². The molecule has 0 aromatic rings. The molecule has 1 amide bonds. The van der Waals surface area contributed by atoms with Crippen LogP contribution in [-0.4, -0.2) is 55.2 Å². The summed E-state index contributed by atoms with van der Waals surface area (Å²) in [7, 11) is 0. The van der Waals surface area contributed by atoms with E-state index in [-0.39, 0.29) is 24.1 Å². The zero-order chi connectivity index (χ0) is 13.7. The summed E-state index contributed by atoms with van der Waals surface area (Å²) in [5.74, 6) is 0.563. The van der Waals surface area contributed by atoms with Crippen molar-refractivity contribution in [2.75, 3.05) is 26.2 Å². The molecular formula is C13H27N3O2. The molecule has 18 heavy (non-hydrogen) atoms. The third-order valence-electron chi connectivity index (χ3n) is 3.38. The number of ether oxygens (including phenoxy) is 1. The fourth-order valence-electron chi connectivity index (χ4n) is 2.12. The molecule has 3 atom stereocenters. The molecule has 1 saturated heterocycles. The quantitative estimate of drug-likeness (QED) is 0.738. The maximum atomic E-state index is 12.1. The topological polar surface area (TPSA) is 67.6 Å². The standard InChI is InChI=1S/C13H27N3O2/c1-9(2)6-15-13(17)11(4)16-7-12(5-14)18-8-10(16)3/h9-12H,5-8,14H2,1-4H3,(H,15,17). The number of rotatable bonds is 5. The zero-order valence-electron chi connectivity index (χ0n) is 12.0. The Bertz CT molecular complexity index is 271. The monoisotopic (exact) mass is 257 g/mol. The van der Waals surface area contributed by atoms with Crippen LogP contribution >= 0.6 is 0 Å². The van der Waals surface area contributed by atoms with E-state index < -0.39 is 0 Å². The largest absolute Gasteiger partial charge is 0.374 e. The van der Waals surface area contributed by atoms with Crippen molar-refractivity contribution in [3.05, 3.63) is 0 Å². The highest BCUT2D eigenvalue weighted by Gasteiger charge is 2.31. The van der Waals surface area contributed by atoms with Crippen LogP contribution in [0.15, 0.2) is 0 Å². The van der Waals surface area contributed by atoms with E-state index in [9.17, 15) is 4.79 Å². The van der Waals surface area contributed by atoms with Gasteiger partial charge in [0.1, 0.15) is 0 Å². The van der Waals surface area contributed by atoms with Crippen LogP contribution in [0.2, 0.25) is 0 Å². The molecule has 3 N–H and O–H groups in total. The van der Waals surface area contributed by atoms with Gasteiger partial charge in [-0.1, -0.05) is 13.8 Å². The number of hydrogen-bond acceptors (Lipinski definition) is 4. The van der Waals surface area contributed by atoms with Gasteiger partial charge in [0.25, 0.3) is 0 Å². The number of nitrogens with two attached hydrogens (primary N) is 1. The first kappa shape index (κ1) is 15.4. The van der Waals surface area contributed by atoms with Gasteiger partial charge in [0.05, 0.1) is 18.8 Å². The molecule has 5 heteroatoms. The normalized spacial score (nSPS) is 27.2. The van der Waals surface area contributed by atoms with E-state index in [1.807, 2.05) is 6.92 Å². The Hall–Kier alpha value is -0.650. The van der Waals surface area contributed by atoms with E-state index in [1.165, 1.54) is 0 Å². The van der Waals surface area contributed by atoms with Crippen LogP contribution in [0.1, 0.15) is 27.7 Å². The minimum absolute atomic E-state index is 0.0431. The van der Waals surface area contributed by atoms with Crippen molar-refractivity contribution in [1.82, 2.24) is 10.2 Å². The highest BCUT2D eigenvalue weighted by atomic mass is 16.5. The number of nitrogens with zero attached hydrogens (tertiary/aromatic N) is 1. The molecule has 106 valence electrons. The minimum Gasteiger partial charge on any atom is -0.374 e. The van der Waals surface area contributed by atoms with E-state index in [0.717, 1.165) is 13.1 Å². The first-order valence-electron chi connectivity index (χ1n) is 6.80. The second kappa shape index (κ2) is 7.07. The van der Waals surface area contributed by atoms with Crippen molar-refractivity contribution < 1.29 is 9.53 Å². The molecule has 1 rings (SSSR count). The van der Waals surface area contributed by atoms with Gasteiger partial charge in [-0.3, -0.25) is 9.69 Å². The van der Waals surface area contributed by atoms with E-state index in [4.69, 9.17) is 10.5 Å². The average molecular weight is 257 g/mol. The Balaban J connectivity index is 2.52. The molecule has 5 nitrogen and oxygen atoms in total. The number of morpholine rings is 1. The van der Waals surface area contributed by atoms with Crippen molar-refractivity contribution in [1.29, 1.82) is 0 Å². The van der Waals surface area contributed by atoms with Gasteiger partial charge in [-0.25, -0.2) is 0 Å². The fourth-order valence-corrected chi connectivity index (χ4v) is 2.12. The molecule has 0 aromatic carbocycles. The second-order valence-electron chi connectivity index (χ2n) is 5.55. The lowest BCUT2D eigenvalue weighted by atomic mass is 10.1. The van der Waals surface area contributed by atoms with Gasteiger partial charge in [-0.2, -0.15) is 0 Å². The summed E-state index contributed by atoms with van der Waals surface area (Å²) in [4.78, 5) is 14.2. The molecule has 0 saturated carbocycles. The molecule has 0 aromatic heterocycles. The predicted octanol–water partition coefficient (Wildman–Crippen LogP) is 0.195. The van der Waals surface area contributed by atoms with Crippen LogP contribution in [0, 0.1) is 5.92 Å². The van der Waals surface area contributed by atoms with Crippen molar-refractivity contribution in [2.24, 2.45) is 11.7 Å². The van der Waals surface area contributed by atoms with Crippen LogP contribution in [-0.2, 0) is 9.53 Å². The maximum absolute atomic E-state index is 12.1. The first-order valence-corrected chi connectivity index (χ1v) is 6.80. The highest BCUT2D eigenvalue weighted by Crippen LogP contribution is 2.14. The Morgan fingerprint density at radius 1 is 1.50 bits per heavy atom. The minimum atomic E-state index is -0.128. The molecule has 1 aliphatic heterocycles. The van der Waals surface area contributed by atoms with Crippen LogP contribution in [0.25, 0.3) is 0 Å². The van der Waals surface area contributed by atoms with Gasteiger partial charge in [0, 0.05) is 25.7 Å². The number of nitrogens with one attached hydrogen (secondary N) is 1. The molecule has 3 unspecified atom stereocenters. The summed E-state index contributed by atoms with van der Waals surface area (Å²) in [6.45, 7) is 10.8. The van der Waals surface area contributed by atoms with Gasteiger partial charge in [0.15, 0.2) is 0 Å². The van der Waals surface area contributed by atoms with Crippen molar-refractivity contribution in [3.63, 3.8) is 0 Å². The predicted molar refractivity (Wildman–Crippen MR) is 72.3 cm³/mol.